The molecule has 3 aromatic rings. The second-order valence-electron chi connectivity index (χ2n) is 6.40. The van der Waals surface area contributed by atoms with E-state index in [9.17, 15) is 0 Å². The third kappa shape index (κ3) is 3.30. The lowest BCUT2D eigenvalue weighted by Crippen LogP contribution is -2.27. The molecule has 2 N–H and O–H groups in total. The largest absolute Gasteiger partial charge is 0.324 e. The van der Waals surface area contributed by atoms with Crippen LogP contribution in [0.3, 0.4) is 0 Å². The van der Waals surface area contributed by atoms with E-state index in [4.69, 9.17) is 5.73 Å². The van der Waals surface area contributed by atoms with Crippen molar-refractivity contribution in [1.29, 1.82) is 0 Å². The summed E-state index contributed by atoms with van der Waals surface area (Å²) in [5.74, 6) is 0.479. The monoisotopic (exact) mass is 387 g/mol. The maximum atomic E-state index is 6.63. The molecule has 0 aliphatic heterocycles. The fraction of sp³-hybridized carbons (Fsp3) is 0.200. The van der Waals surface area contributed by atoms with Crippen molar-refractivity contribution in [2.24, 2.45) is 5.73 Å². The fourth-order valence-electron chi connectivity index (χ4n) is 3.39. The Morgan fingerprint density at radius 1 is 0.957 bits per heavy atom. The van der Waals surface area contributed by atoms with E-state index in [2.05, 4.69) is 82.7 Å². The molecule has 4 rings (SSSR count). The highest BCUT2D eigenvalue weighted by Gasteiger charge is 2.51. The van der Waals surface area contributed by atoms with E-state index in [-0.39, 0.29) is 17.9 Å². The molecule has 2 unspecified atom stereocenters. The van der Waals surface area contributed by atoms with Crippen LogP contribution >= 0.6 is 28.3 Å². The molecule has 0 heterocycles. The second-order valence-corrected chi connectivity index (χ2v) is 7.32. The van der Waals surface area contributed by atoms with Gasteiger partial charge < -0.3 is 5.73 Å². The highest BCUT2D eigenvalue weighted by atomic mass is 79.9. The van der Waals surface area contributed by atoms with E-state index in [0.29, 0.717) is 5.92 Å². The molecule has 0 aromatic heterocycles. The van der Waals surface area contributed by atoms with E-state index in [1.165, 1.54) is 21.9 Å². The van der Waals surface area contributed by atoms with Crippen molar-refractivity contribution in [3.63, 3.8) is 0 Å². The zero-order chi connectivity index (χ0) is 15.2. The van der Waals surface area contributed by atoms with Gasteiger partial charge in [-0.3, -0.25) is 0 Å². The molecular weight excluding hydrogens is 370 g/mol. The minimum absolute atomic E-state index is 0. The number of hydrogen-bond acceptors (Lipinski definition) is 1. The second kappa shape index (κ2) is 6.27. The molecule has 1 saturated carbocycles. The SMILES string of the molecule is Cl.NC1(Cc2ccc3ccccc3c2)CC1c1ccc(Br)cc1. The molecule has 23 heavy (non-hydrogen) atoms. The van der Waals surface area contributed by atoms with Crippen molar-refractivity contribution < 1.29 is 0 Å². The van der Waals surface area contributed by atoms with E-state index in [1.807, 2.05) is 0 Å². The lowest BCUT2D eigenvalue weighted by Gasteiger charge is -2.13. The Morgan fingerprint density at radius 3 is 2.39 bits per heavy atom. The van der Waals surface area contributed by atoms with Crippen LogP contribution < -0.4 is 5.73 Å². The molecule has 1 aliphatic carbocycles. The maximum Gasteiger partial charge on any atom is 0.0271 e. The normalized spacial score (nSPS) is 22.6. The zero-order valence-corrected chi connectivity index (χ0v) is 15.1. The Balaban J connectivity index is 0.00000156. The van der Waals surface area contributed by atoms with E-state index in [1.54, 1.807) is 0 Å². The highest BCUT2D eigenvalue weighted by molar-refractivity contribution is 9.10. The van der Waals surface area contributed by atoms with Crippen molar-refractivity contribution in [3.8, 4) is 0 Å². The van der Waals surface area contributed by atoms with E-state index < -0.39 is 0 Å². The first-order valence-corrected chi connectivity index (χ1v) is 8.45. The van der Waals surface area contributed by atoms with E-state index >= 15 is 0 Å². The first-order chi connectivity index (χ1) is 10.6. The lowest BCUT2D eigenvalue weighted by molar-refractivity contribution is 0.646. The molecule has 1 fully saturated rings. The summed E-state index contributed by atoms with van der Waals surface area (Å²) in [7, 11) is 0. The van der Waals surface area contributed by atoms with Crippen LogP contribution in [-0.4, -0.2) is 5.54 Å². The summed E-state index contributed by atoms with van der Waals surface area (Å²) in [6.07, 6.45) is 2.01. The molecule has 3 heteroatoms. The third-order valence-electron chi connectivity index (χ3n) is 4.74. The molecular formula is C20H19BrClN. The lowest BCUT2D eigenvalue weighted by atomic mass is 9.97. The Kier molecular flexibility index (Phi) is 4.50. The van der Waals surface area contributed by atoms with Gasteiger partial charge in [-0.25, -0.2) is 0 Å². The van der Waals surface area contributed by atoms with Crippen LogP contribution in [0.2, 0.25) is 0 Å². The first-order valence-electron chi connectivity index (χ1n) is 7.66. The van der Waals surface area contributed by atoms with Crippen molar-refractivity contribution in [1.82, 2.24) is 0 Å². The number of halogens is 2. The highest BCUT2D eigenvalue weighted by Crippen LogP contribution is 2.51. The van der Waals surface area contributed by atoms with Crippen molar-refractivity contribution in [2.75, 3.05) is 0 Å². The number of nitrogens with two attached hydrogens (primary N) is 1. The number of fused-ring (bicyclic) bond motifs is 1. The minimum atomic E-state index is -0.0870. The summed E-state index contributed by atoms with van der Waals surface area (Å²) in [4.78, 5) is 0. The topological polar surface area (TPSA) is 26.0 Å². The van der Waals surface area contributed by atoms with Gasteiger partial charge >= 0.3 is 0 Å². The predicted molar refractivity (Wildman–Crippen MR) is 103 cm³/mol. The molecule has 0 radical (unpaired) electrons. The molecule has 1 nitrogen and oxygen atoms in total. The number of rotatable bonds is 3. The molecule has 0 saturated heterocycles. The van der Waals surface area contributed by atoms with Gasteiger partial charge in [-0.1, -0.05) is 70.5 Å². The molecule has 1 aliphatic rings. The molecule has 2 atom stereocenters. The Hall–Kier alpha value is -1.35. The summed E-state index contributed by atoms with van der Waals surface area (Å²) in [5.41, 5.74) is 9.23. The van der Waals surface area contributed by atoms with Crippen molar-refractivity contribution in [3.05, 3.63) is 82.3 Å². The van der Waals surface area contributed by atoms with E-state index in [0.717, 1.165) is 17.3 Å². The minimum Gasteiger partial charge on any atom is -0.324 e. The van der Waals surface area contributed by atoms with Crippen molar-refractivity contribution in [2.45, 2.75) is 24.3 Å². The van der Waals surface area contributed by atoms with Crippen LogP contribution in [0.5, 0.6) is 0 Å². The molecule has 0 spiro atoms. The van der Waals surface area contributed by atoms with Crippen LogP contribution in [-0.2, 0) is 6.42 Å². The van der Waals surface area contributed by atoms with Gasteiger partial charge in [0.05, 0.1) is 0 Å². The Labute approximate surface area is 151 Å². The Bertz CT molecular complexity index is 830. The summed E-state index contributed by atoms with van der Waals surface area (Å²) in [5, 5.41) is 2.59. The average molecular weight is 389 g/mol. The fourth-order valence-corrected chi connectivity index (χ4v) is 3.65. The van der Waals surface area contributed by atoms with Crippen LogP contribution in [0.25, 0.3) is 10.8 Å². The Morgan fingerprint density at radius 2 is 1.65 bits per heavy atom. The van der Waals surface area contributed by atoms with Gasteiger partial charge in [0.1, 0.15) is 0 Å². The predicted octanol–water partition coefficient (Wildman–Crippen LogP) is 5.45. The van der Waals surface area contributed by atoms with Crippen LogP contribution in [0.15, 0.2) is 71.2 Å². The number of hydrogen-bond donors (Lipinski definition) is 1. The van der Waals surface area contributed by atoms with Gasteiger partial charge in [0.25, 0.3) is 0 Å². The summed E-state index contributed by atoms with van der Waals surface area (Å²) >= 11 is 3.49. The van der Waals surface area contributed by atoms with Gasteiger partial charge in [-0.2, -0.15) is 0 Å². The molecule has 3 aromatic carbocycles. The van der Waals surface area contributed by atoms with Gasteiger partial charge in [-0.05, 0) is 46.9 Å². The molecule has 0 amide bonds. The maximum absolute atomic E-state index is 6.63. The summed E-state index contributed by atoms with van der Waals surface area (Å²) in [6, 6.07) is 23.8. The smallest absolute Gasteiger partial charge is 0.0271 e. The average Bonchev–Trinajstić information content (AvgIpc) is 3.19. The van der Waals surface area contributed by atoms with Crippen molar-refractivity contribution >= 4 is 39.1 Å². The molecule has 0 bridgehead atoms. The van der Waals surface area contributed by atoms with Crippen LogP contribution in [0, 0.1) is 0 Å². The standard InChI is InChI=1S/C20H18BrN.ClH/c21-18-9-7-16(8-10-18)19-13-20(19,22)12-14-5-6-15-3-1-2-4-17(15)11-14;/h1-11,19H,12-13,22H2;1H. The third-order valence-corrected chi connectivity index (χ3v) is 5.27. The van der Waals surface area contributed by atoms with Gasteiger partial charge in [0.2, 0.25) is 0 Å². The van der Waals surface area contributed by atoms with Crippen LogP contribution in [0.4, 0.5) is 0 Å². The quantitative estimate of drug-likeness (QED) is 0.634. The summed E-state index contributed by atoms with van der Waals surface area (Å²) in [6.45, 7) is 0. The van der Waals surface area contributed by atoms with Crippen LogP contribution in [0.1, 0.15) is 23.5 Å². The van der Waals surface area contributed by atoms with Gasteiger partial charge in [0, 0.05) is 15.9 Å². The van der Waals surface area contributed by atoms with Gasteiger partial charge in [-0.15, -0.1) is 12.4 Å². The number of benzene rings is 3. The summed E-state index contributed by atoms with van der Waals surface area (Å²) < 4.78 is 1.12. The molecule has 118 valence electrons. The van der Waals surface area contributed by atoms with Gasteiger partial charge in [0.15, 0.2) is 0 Å². The zero-order valence-electron chi connectivity index (χ0n) is 12.7. The first kappa shape index (κ1) is 16.5.